The van der Waals surface area contributed by atoms with Crippen molar-refractivity contribution in [1.82, 2.24) is 25.2 Å². The number of carbonyl (C=O) groups is 3. The third-order valence-electron chi connectivity index (χ3n) is 5.56. The highest BCUT2D eigenvalue weighted by Crippen LogP contribution is 2.23. The molecule has 0 saturated heterocycles. The molecule has 1 aliphatic heterocycles. The molecule has 2 aromatic heterocycles. The molecule has 0 fully saturated rings. The predicted molar refractivity (Wildman–Crippen MR) is 112 cm³/mol. The van der Waals surface area contributed by atoms with Crippen molar-refractivity contribution < 1.29 is 29.2 Å². The van der Waals surface area contributed by atoms with E-state index in [-0.39, 0.29) is 30.0 Å². The summed E-state index contributed by atoms with van der Waals surface area (Å²) < 4.78 is 1.81. The van der Waals surface area contributed by atoms with Crippen LogP contribution in [0.15, 0.2) is 34.9 Å². The van der Waals surface area contributed by atoms with Crippen LogP contribution in [0.1, 0.15) is 25.0 Å². The maximum atomic E-state index is 12.5. The second kappa shape index (κ2) is 8.68. The van der Waals surface area contributed by atoms with Crippen LogP contribution in [0, 0.1) is 5.92 Å². The number of nitrogens with zero attached hydrogens (tertiary/aromatic N) is 4. The van der Waals surface area contributed by atoms with E-state index in [4.69, 9.17) is 10.8 Å². The molecule has 13 nitrogen and oxygen atoms in total. The van der Waals surface area contributed by atoms with Crippen LogP contribution in [-0.2, 0) is 27.6 Å². The summed E-state index contributed by atoms with van der Waals surface area (Å²) in [6.07, 6.45) is 6.74. The fraction of sp³-hybridized carbons (Fsp3) is 0.350. The number of H-pyrrole nitrogens is 1. The Morgan fingerprint density at radius 2 is 2.15 bits per heavy atom. The van der Waals surface area contributed by atoms with E-state index in [1.54, 1.807) is 22.9 Å². The molecule has 13 heteroatoms. The smallest absolute Gasteiger partial charge is 0.326 e. The molecule has 2 aromatic rings. The maximum absolute atomic E-state index is 12.5. The van der Waals surface area contributed by atoms with Crippen molar-refractivity contribution in [1.29, 1.82) is 0 Å². The number of allylic oxidation sites excluding steroid dienone is 2. The zero-order chi connectivity index (χ0) is 23.7. The number of hydrogen-bond donors (Lipinski definition) is 5. The lowest BCUT2D eigenvalue weighted by Gasteiger charge is -2.22. The molecule has 1 aliphatic carbocycles. The van der Waals surface area contributed by atoms with Crippen LogP contribution in [0.3, 0.4) is 0 Å². The quantitative estimate of drug-likeness (QED) is 0.318. The Balaban J connectivity index is 1.43. The lowest BCUT2D eigenvalue weighted by atomic mass is 9.97. The third kappa shape index (κ3) is 4.51. The second-order valence-corrected chi connectivity index (χ2v) is 7.80. The number of aromatic nitrogens is 4. The summed E-state index contributed by atoms with van der Waals surface area (Å²) in [4.78, 5) is 59.7. The Morgan fingerprint density at radius 3 is 2.82 bits per heavy atom. The van der Waals surface area contributed by atoms with E-state index in [9.17, 15) is 24.3 Å². The Hall–Kier alpha value is -4.29. The van der Waals surface area contributed by atoms with Gasteiger partial charge in [0.2, 0.25) is 29.9 Å². The molecule has 2 atom stereocenters. The minimum Gasteiger partial charge on any atom is -0.481 e. The molecule has 6 N–H and O–H groups in total. The Kier molecular flexibility index (Phi) is 5.77. The summed E-state index contributed by atoms with van der Waals surface area (Å²) >= 11 is 0. The topological polar surface area (TPSA) is 195 Å². The third-order valence-corrected chi connectivity index (χ3v) is 5.56. The molecule has 0 spiro atoms. The number of amides is 1. The summed E-state index contributed by atoms with van der Waals surface area (Å²) in [7, 11) is 0. The SMILES string of the molecule is Nc1nc2ncc3[n+](c2c(=O)[nH]1)CN(C1=CCC(C(=O)NC(CCC(=O)O)C(=O)O)C=C1)C3. The number of aromatic amines is 1. The van der Waals surface area contributed by atoms with Crippen LogP contribution in [0.5, 0.6) is 0 Å². The Morgan fingerprint density at radius 1 is 1.36 bits per heavy atom. The molecule has 3 heterocycles. The van der Waals surface area contributed by atoms with Crippen molar-refractivity contribution in [3.05, 3.63) is 46.2 Å². The first-order valence-corrected chi connectivity index (χ1v) is 10.2. The van der Waals surface area contributed by atoms with Crippen LogP contribution in [0.2, 0.25) is 0 Å². The molecule has 0 radical (unpaired) electrons. The fourth-order valence-corrected chi connectivity index (χ4v) is 3.87. The van der Waals surface area contributed by atoms with Gasteiger partial charge in [0.25, 0.3) is 0 Å². The van der Waals surface area contributed by atoms with E-state index in [1.165, 1.54) is 0 Å². The number of anilines is 1. The van der Waals surface area contributed by atoms with E-state index < -0.39 is 29.8 Å². The van der Waals surface area contributed by atoms with Gasteiger partial charge in [-0.3, -0.25) is 19.4 Å². The fourth-order valence-electron chi connectivity index (χ4n) is 3.87. The second-order valence-electron chi connectivity index (χ2n) is 7.80. The van der Waals surface area contributed by atoms with Crippen LogP contribution in [0.25, 0.3) is 11.2 Å². The average molecular weight is 456 g/mol. The minimum absolute atomic E-state index is 0.00857. The van der Waals surface area contributed by atoms with E-state index >= 15 is 0 Å². The number of carboxylic acid groups (broad SMARTS) is 2. The first-order chi connectivity index (χ1) is 15.7. The Labute approximate surface area is 186 Å². The summed E-state index contributed by atoms with van der Waals surface area (Å²) in [5, 5.41) is 20.4. The number of aliphatic carboxylic acids is 2. The zero-order valence-electron chi connectivity index (χ0n) is 17.4. The lowest BCUT2D eigenvalue weighted by Crippen LogP contribution is -2.44. The van der Waals surface area contributed by atoms with Crippen molar-refractivity contribution in [2.45, 2.75) is 38.5 Å². The number of hydrogen-bond acceptors (Lipinski definition) is 8. The highest BCUT2D eigenvalue weighted by atomic mass is 16.4. The molecule has 4 rings (SSSR count). The lowest BCUT2D eigenvalue weighted by molar-refractivity contribution is -0.677. The maximum Gasteiger partial charge on any atom is 0.326 e. The largest absolute Gasteiger partial charge is 0.481 e. The molecular formula is C20H22N7O6+. The molecular weight excluding hydrogens is 434 g/mol. The van der Waals surface area contributed by atoms with Crippen LogP contribution < -0.4 is 21.2 Å². The van der Waals surface area contributed by atoms with Gasteiger partial charge < -0.3 is 26.2 Å². The zero-order valence-corrected chi connectivity index (χ0v) is 17.4. The number of carboxylic acids is 2. The molecule has 0 bridgehead atoms. The Bertz CT molecular complexity index is 1270. The van der Waals surface area contributed by atoms with Gasteiger partial charge in [-0.25, -0.2) is 9.78 Å². The van der Waals surface area contributed by atoms with Gasteiger partial charge >= 0.3 is 23.0 Å². The average Bonchev–Trinajstić information content (AvgIpc) is 3.20. The van der Waals surface area contributed by atoms with Gasteiger partial charge in [0.1, 0.15) is 12.6 Å². The van der Waals surface area contributed by atoms with Crippen molar-refractivity contribution in [3.8, 4) is 0 Å². The molecule has 2 aliphatic rings. The number of rotatable bonds is 7. The molecule has 0 aromatic carbocycles. The van der Waals surface area contributed by atoms with E-state index in [1.807, 2.05) is 11.0 Å². The number of nitrogens with two attached hydrogens (primary N) is 1. The molecule has 0 saturated carbocycles. The van der Waals surface area contributed by atoms with Gasteiger partial charge in [0.05, 0.1) is 12.1 Å². The number of nitrogen functional groups attached to an aromatic ring is 1. The van der Waals surface area contributed by atoms with E-state index in [0.717, 1.165) is 11.4 Å². The van der Waals surface area contributed by atoms with Gasteiger partial charge in [0, 0.05) is 12.1 Å². The van der Waals surface area contributed by atoms with Crippen LogP contribution in [-0.4, -0.2) is 54.0 Å². The molecule has 172 valence electrons. The normalized spacial score (nSPS) is 18.0. The number of fused-ring (bicyclic) bond motifs is 3. The van der Waals surface area contributed by atoms with Crippen LogP contribution in [0.4, 0.5) is 5.95 Å². The minimum atomic E-state index is -1.28. The van der Waals surface area contributed by atoms with Crippen molar-refractivity contribution >= 4 is 35.0 Å². The van der Waals surface area contributed by atoms with Crippen molar-refractivity contribution in [2.24, 2.45) is 5.92 Å². The van der Waals surface area contributed by atoms with Crippen LogP contribution >= 0.6 is 0 Å². The summed E-state index contributed by atoms with van der Waals surface area (Å²) in [5.41, 5.74) is 7.45. The first-order valence-electron chi connectivity index (χ1n) is 10.2. The number of carbonyl (C=O) groups excluding carboxylic acids is 1. The van der Waals surface area contributed by atoms with Crippen molar-refractivity contribution in [2.75, 3.05) is 5.73 Å². The molecule has 33 heavy (non-hydrogen) atoms. The summed E-state index contributed by atoms with van der Waals surface area (Å²) in [6, 6.07) is -1.27. The van der Waals surface area contributed by atoms with Gasteiger partial charge in [-0.2, -0.15) is 9.55 Å². The standard InChI is InChI=1S/C20H21N7O6/c21-20-24-16-15(18(31)25-20)27-9-26(8-12(27)7-22-16)11-3-1-10(2-4-11)17(30)23-13(19(32)33)5-6-14(28)29/h1,3-4,7,10,13H,2,5-6,8-9H2,(H5-,21,22,23,24,25,28,29,30,31,32,33)/p+1. The molecule has 1 amide bonds. The highest BCUT2D eigenvalue weighted by Gasteiger charge is 2.33. The summed E-state index contributed by atoms with van der Waals surface area (Å²) in [5.74, 6) is -3.47. The number of nitrogens with one attached hydrogen (secondary N) is 2. The first kappa shape index (κ1) is 21.9. The van der Waals surface area contributed by atoms with Crippen molar-refractivity contribution in [3.63, 3.8) is 0 Å². The predicted octanol–water partition coefficient (Wildman–Crippen LogP) is -1.14. The van der Waals surface area contributed by atoms with Gasteiger partial charge in [-0.15, -0.1) is 0 Å². The van der Waals surface area contributed by atoms with E-state index in [2.05, 4.69) is 20.3 Å². The monoisotopic (exact) mass is 456 g/mol. The van der Waals surface area contributed by atoms with Gasteiger partial charge in [-0.05, 0) is 18.9 Å². The molecule has 2 unspecified atom stereocenters. The van der Waals surface area contributed by atoms with Gasteiger partial charge in [0.15, 0.2) is 0 Å². The van der Waals surface area contributed by atoms with E-state index in [0.29, 0.717) is 25.2 Å². The summed E-state index contributed by atoms with van der Waals surface area (Å²) in [6.45, 7) is 0.877. The van der Waals surface area contributed by atoms with Gasteiger partial charge in [-0.1, -0.05) is 12.2 Å². The highest BCUT2D eigenvalue weighted by molar-refractivity contribution is 5.86.